The van der Waals surface area contributed by atoms with Crippen molar-refractivity contribution in [3.05, 3.63) is 76.7 Å². The molecule has 192 valence electrons. The number of benzene rings is 1. The van der Waals surface area contributed by atoms with Gasteiger partial charge in [-0.05, 0) is 94.1 Å². The fourth-order valence-electron chi connectivity index (χ4n) is 5.85. The maximum Gasteiger partial charge on any atom is 0.151 e. The average Bonchev–Trinajstić information content (AvgIpc) is 3.59. The highest BCUT2D eigenvalue weighted by Crippen LogP contribution is 2.38. The molecule has 0 saturated carbocycles. The summed E-state index contributed by atoms with van der Waals surface area (Å²) in [6, 6.07) is 10.2. The second-order valence-electron chi connectivity index (χ2n) is 10.7. The topological polar surface area (TPSA) is 75.0 Å². The van der Waals surface area contributed by atoms with E-state index in [2.05, 4.69) is 57.3 Å². The Hall–Kier alpha value is -3.16. The molecule has 3 aliphatic rings. The summed E-state index contributed by atoms with van der Waals surface area (Å²) in [7, 11) is 0. The van der Waals surface area contributed by atoms with Crippen LogP contribution >= 0.6 is 11.6 Å². The van der Waals surface area contributed by atoms with Crippen LogP contribution in [0.25, 0.3) is 11.1 Å². The van der Waals surface area contributed by atoms with E-state index in [-0.39, 0.29) is 5.41 Å². The molecule has 3 aromatic rings. The van der Waals surface area contributed by atoms with Gasteiger partial charge >= 0.3 is 0 Å². The van der Waals surface area contributed by atoms with Crippen molar-refractivity contribution < 1.29 is 0 Å². The zero-order chi connectivity index (χ0) is 25.4. The molecule has 0 radical (unpaired) electrons. The smallest absolute Gasteiger partial charge is 0.151 e. The van der Waals surface area contributed by atoms with Gasteiger partial charge in [0.2, 0.25) is 0 Å². The molecule has 1 aromatic carbocycles. The number of rotatable bonds is 8. The predicted octanol–water partition coefficient (Wildman–Crippen LogP) is 5.21. The first-order valence-electron chi connectivity index (χ1n) is 13.3. The van der Waals surface area contributed by atoms with Gasteiger partial charge in [-0.25, -0.2) is 9.50 Å². The molecule has 1 atom stereocenters. The van der Waals surface area contributed by atoms with Crippen LogP contribution in [0.3, 0.4) is 0 Å². The first-order valence-corrected chi connectivity index (χ1v) is 13.7. The van der Waals surface area contributed by atoms with Gasteiger partial charge in [0, 0.05) is 21.7 Å². The largest absolute Gasteiger partial charge is 0.382 e. The summed E-state index contributed by atoms with van der Waals surface area (Å²) in [5, 5.41) is 12.5. The molecule has 2 N–H and O–H groups in total. The van der Waals surface area contributed by atoms with Crippen LogP contribution in [-0.4, -0.2) is 56.4 Å². The molecule has 2 aromatic heterocycles. The van der Waals surface area contributed by atoms with Crippen molar-refractivity contribution >= 4 is 34.2 Å². The third-order valence-electron chi connectivity index (χ3n) is 7.85. The summed E-state index contributed by atoms with van der Waals surface area (Å²) in [4.78, 5) is 6.89. The molecule has 7 nitrogen and oxygen atoms in total. The van der Waals surface area contributed by atoms with Crippen molar-refractivity contribution in [3.8, 4) is 0 Å². The van der Waals surface area contributed by atoms with Crippen molar-refractivity contribution in [2.24, 2.45) is 10.5 Å². The lowest BCUT2D eigenvalue weighted by Crippen LogP contribution is -2.29. The summed E-state index contributed by atoms with van der Waals surface area (Å²) in [5.74, 6) is 0.506. The number of likely N-dealkylation sites (tertiary alicyclic amines) is 1. The summed E-state index contributed by atoms with van der Waals surface area (Å²) < 4.78 is 1.98. The van der Waals surface area contributed by atoms with E-state index in [1.807, 2.05) is 22.7 Å². The molecular weight excluding hydrogens is 482 g/mol. The molecule has 0 amide bonds. The SMILES string of the molecule is CC12C=CC(c3cc(CCCCN4CCCC4)n4ncnc(N)c34)=CC1=NN(Cc1cccc(Cl)c1)C2. The molecule has 8 heteroatoms. The number of fused-ring (bicyclic) bond motifs is 2. The number of hydrogen-bond acceptors (Lipinski definition) is 6. The zero-order valence-corrected chi connectivity index (χ0v) is 22.2. The Balaban J connectivity index is 1.25. The Bertz CT molecular complexity index is 1400. The van der Waals surface area contributed by atoms with E-state index in [0.29, 0.717) is 5.82 Å². The van der Waals surface area contributed by atoms with E-state index in [4.69, 9.17) is 22.4 Å². The van der Waals surface area contributed by atoms with Crippen LogP contribution in [0.4, 0.5) is 5.82 Å². The van der Waals surface area contributed by atoms with Crippen LogP contribution < -0.4 is 5.73 Å². The molecule has 1 aliphatic carbocycles. The number of nitrogen functional groups attached to an aromatic ring is 1. The van der Waals surface area contributed by atoms with Crippen molar-refractivity contribution in [1.82, 2.24) is 24.5 Å². The van der Waals surface area contributed by atoms with Gasteiger partial charge in [-0.15, -0.1) is 0 Å². The van der Waals surface area contributed by atoms with Gasteiger partial charge < -0.3 is 10.6 Å². The molecule has 0 bridgehead atoms. The van der Waals surface area contributed by atoms with Gasteiger partial charge in [0.1, 0.15) is 11.8 Å². The monoisotopic (exact) mass is 515 g/mol. The number of anilines is 1. The Morgan fingerprint density at radius 2 is 2.00 bits per heavy atom. The molecule has 37 heavy (non-hydrogen) atoms. The number of nitrogens with two attached hydrogens (primary N) is 1. The van der Waals surface area contributed by atoms with Gasteiger partial charge in [-0.1, -0.05) is 35.9 Å². The van der Waals surface area contributed by atoms with Gasteiger partial charge in [0.05, 0.1) is 18.8 Å². The van der Waals surface area contributed by atoms with E-state index in [1.54, 1.807) is 6.33 Å². The van der Waals surface area contributed by atoms with E-state index < -0.39 is 0 Å². The molecule has 6 rings (SSSR count). The summed E-state index contributed by atoms with van der Waals surface area (Å²) in [6.07, 6.45) is 14.2. The third-order valence-corrected chi connectivity index (χ3v) is 8.08. The summed E-state index contributed by atoms with van der Waals surface area (Å²) in [5.41, 5.74) is 12.7. The molecule has 4 heterocycles. The number of allylic oxidation sites excluding steroid dienone is 3. The van der Waals surface area contributed by atoms with Gasteiger partial charge in [0.15, 0.2) is 5.82 Å². The van der Waals surface area contributed by atoms with E-state index in [1.165, 1.54) is 44.6 Å². The van der Waals surface area contributed by atoms with Gasteiger partial charge in [0.25, 0.3) is 0 Å². The van der Waals surface area contributed by atoms with E-state index in [0.717, 1.165) is 58.9 Å². The third kappa shape index (κ3) is 4.90. The van der Waals surface area contributed by atoms with Crippen molar-refractivity contribution in [2.45, 2.75) is 45.6 Å². The van der Waals surface area contributed by atoms with Crippen LogP contribution in [0.15, 0.2) is 60.0 Å². The maximum absolute atomic E-state index is 6.39. The number of hydrazone groups is 1. The Morgan fingerprint density at radius 3 is 2.84 bits per heavy atom. The lowest BCUT2D eigenvalue weighted by Gasteiger charge is -2.25. The molecule has 1 saturated heterocycles. The number of hydrogen-bond donors (Lipinski definition) is 1. The lowest BCUT2D eigenvalue weighted by molar-refractivity contribution is 0.270. The molecule has 2 aliphatic heterocycles. The minimum atomic E-state index is -0.127. The van der Waals surface area contributed by atoms with E-state index >= 15 is 0 Å². The minimum absolute atomic E-state index is 0.127. The number of unbranched alkanes of at least 4 members (excludes halogenated alkanes) is 1. The molecule has 0 spiro atoms. The minimum Gasteiger partial charge on any atom is -0.382 e. The first kappa shape index (κ1) is 24.2. The lowest BCUT2D eigenvalue weighted by atomic mass is 9.80. The van der Waals surface area contributed by atoms with Crippen molar-refractivity contribution in [2.75, 3.05) is 31.9 Å². The highest BCUT2D eigenvalue weighted by Gasteiger charge is 2.37. The van der Waals surface area contributed by atoms with Gasteiger partial charge in [-0.3, -0.25) is 5.01 Å². The number of nitrogens with zero attached hydrogens (tertiary/aromatic N) is 6. The number of aromatic nitrogens is 3. The molecular formula is C29H34ClN7. The van der Waals surface area contributed by atoms with Crippen molar-refractivity contribution in [3.63, 3.8) is 0 Å². The number of aryl methyl sites for hydroxylation is 1. The Labute approximate surface area is 223 Å². The summed E-state index contributed by atoms with van der Waals surface area (Å²) in [6.45, 7) is 7.50. The highest BCUT2D eigenvalue weighted by atomic mass is 35.5. The maximum atomic E-state index is 6.39. The fraction of sp³-hybridized carbons (Fsp3) is 0.414. The quantitative estimate of drug-likeness (QED) is 0.416. The van der Waals surface area contributed by atoms with Crippen LogP contribution in [-0.2, 0) is 13.0 Å². The fourth-order valence-corrected chi connectivity index (χ4v) is 6.06. The zero-order valence-electron chi connectivity index (χ0n) is 21.4. The standard InChI is InChI=1S/C29H34ClN7/c1-29-11-10-22(16-26(29)34-36(19-29)18-21-7-6-8-23(30)15-21)25-17-24(37-27(25)28(31)32-20-33-37)9-2-3-12-35-13-4-5-14-35/h6-8,10-11,15-17,20H,2-5,9,12-14,18-19H2,1H3,(H2,31,32,33). The predicted molar refractivity (Wildman–Crippen MR) is 151 cm³/mol. The average molecular weight is 516 g/mol. The van der Waals surface area contributed by atoms with E-state index in [9.17, 15) is 0 Å². The normalized spacial score (nSPS) is 21.5. The molecule has 1 unspecified atom stereocenters. The second-order valence-corrected chi connectivity index (χ2v) is 11.2. The van der Waals surface area contributed by atoms with Crippen LogP contribution in [0.5, 0.6) is 0 Å². The summed E-state index contributed by atoms with van der Waals surface area (Å²) >= 11 is 6.20. The van der Waals surface area contributed by atoms with Gasteiger partial charge in [-0.2, -0.15) is 10.2 Å². The first-order chi connectivity index (χ1) is 18.0. The number of halogens is 1. The van der Waals surface area contributed by atoms with Crippen LogP contribution in [0, 0.1) is 5.41 Å². The van der Waals surface area contributed by atoms with Crippen LogP contribution in [0.1, 0.15) is 49.4 Å². The highest BCUT2D eigenvalue weighted by molar-refractivity contribution is 6.30. The molecule has 1 fully saturated rings. The van der Waals surface area contributed by atoms with Crippen molar-refractivity contribution in [1.29, 1.82) is 0 Å². The Kier molecular flexibility index (Phi) is 6.51. The Morgan fingerprint density at radius 1 is 1.14 bits per heavy atom. The second kappa shape index (κ2) is 9.95. The van der Waals surface area contributed by atoms with Crippen LogP contribution in [0.2, 0.25) is 5.02 Å².